The number of rotatable bonds is 9. The van der Waals surface area contributed by atoms with Crippen molar-refractivity contribution in [2.75, 3.05) is 6.61 Å². The zero-order chi connectivity index (χ0) is 17.0. The van der Waals surface area contributed by atoms with Crippen LogP contribution in [-0.2, 0) is 23.0 Å². The van der Waals surface area contributed by atoms with E-state index >= 15 is 0 Å². The van der Waals surface area contributed by atoms with Gasteiger partial charge >= 0.3 is 21.6 Å². The summed E-state index contributed by atoms with van der Waals surface area (Å²) in [6.45, 7) is -1.19. The van der Waals surface area contributed by atoms with Gasteiger partial charge in [-0.3, -0.25) is 9.05 Å². The molecule has 0 saturated carbocycles. The highest BCUT2D eigenvalue weighted by atomic mass is 31.2. The molecule has 0 saturated heterocycles. The number of aliphatic hydroxyl groups is 3. The Morgan fingerprint density at radius 1 is 0.952 bits per heavy atom. The quantitative estimate of drug-likeness (QED) is 0.190. The highest BCUT2D eigenvalue weighted by Gasteiger charge is 2.40. The Morgan fingerprint density at radius 3 is 1.76 bits per heavy atom. The van der Waals surface area contributed by atoms with Crippen molar-refractivity contribution < 1.29 is 63.0 Å². The molecule has 0 aliphatic carbocycles. The minimum Gasteiger partial charge on any atom is -0.479 e. The van der Waals surface area contributed by atoms with Crippen LogP contribution in [0.3, 0.4) is 0 Å². The Balaban J connectivity index is 4.84. The second-order valence-electron chi connectivity index (χ2n) is 3.69. The summed E-state index contributed by atoms with van der Waals surface area (Å²) >= 11 is 0. The van der Waals surface area contributed by atoms with Crippen molar-refractivity contribution >= 4 is 21.6 Å². The SMILES string of the molecule is O=C(O)C(OP(=O)(O)O)[C@H](O)[C@H](O)[C@H](O)COP(=O)(O)O. The van der Waals surface area contributed by atoms with Crippen LogP contribution in [0, 0.1) is 0 Å². The van der Waals surface area contributed by atoms with Crippen LogP contribution in [0.15, 0.2) is 0 Å². The van der Waals surface area contributed by atoms with Crippen LogP contribution in [-0.4, -0.2) is 77.0 Å². The standard InChI is InChI=1S/C6H14O13P2/c7-2(1-18-20(12,13)14)3(8)4(9)5(6(10)11)19-21(15,16)17/h2-5,7-9H,1H2,(H,10,11)(H2,12,13,14)(H2,15,16,17)/t2-,3-,4-,5?/m1/s1. The van der Waals surface area contributed by atoms with Crippen LogP contribution in [0.5, 0.6) is 0 Å². The molecule has 0 aliphatic heterocycles. The van der Waals surface area contributed by atoms with Gasteiger partial charge in [-0.1, -0.05) is 0 Å². The summed E-state index contributed by atoms with van der Waals surface area (Å²) in [5.41, 5.74) is 0. The zero-order valence-electron chi connectivity index (χ0n) is 10.0. The maximum atomic E-state index is 10.7. The lowest BCUT2D eigenvalue weighted by molar-refractivity contribution is -0.162. The molecule has 0 rings (SSSR count). The van der Waals surface area contributed by atoms with Gasteiger partial charge in [0.2, 0.25) is 0 Å². The van der Waals surface area contributed by atoms with Crippen molar-refractivity contribution in [2.45, 2.75) is 24.4 Å². The Labute approximate surface area is 116 Å². The van der Waals surface area contributed by atoms with Crippen molar-refractivity contribution in [3.05, 3.63) is 0 Å². The predicted octanol–water partition coefficient (Wildman–Crippen LogP) is -3.26. The molecule has 4 atom stereocenters. The van der Waals surface area contributed by atoms with Crippen LogP contribution in [0.2, 0.25) is 0 Å². The fourth-order valence-corrected chi connectivity index (χ4v) is 1.94. The molecule has 0 radical (unpaired) electrons. The summed E-state index contributed by atoms with van der Waals surface area (Å²) in [7, 11) is -10.3. The Kier molecular flexibility index (Phi) is 7.56. The van der Waals surface area contributed by atoms with Gasteiger partial charge in [-0.15, -0.1) is 0 Å². The maximum absolute atomic E-state index is 10.7. The smallest absolute Gasteiger partial charge is 0.470 e. The van der Waals surface area contributed by atoms with E-state index in [0.29, 0.717) is 0 Å². The lowest BCUT2D eigenvalue weighted by atomic mass is 10.0. The molecule has 0 fully saturated rings. The third kappa shape index (κ3) is 8.56. The van der Waals surface area contributed by atoms with E-state index in [1.54, 1.807) is 0 Å². The van der Waals surface area contributed by atoms with Gasteiger partial charge in [0.25, 0.3) is 0 Å². The van der Waals surface area contributed by atoms with Crippen molar-refractivity contribution in [1.82, 2.24) is 0 Å². The molecule has 0 aliphatic rings. The van der Waals surface area contributed by atoms with Crippen LogP contribution in [0.25, 0.3) is 0 Å². The van der Waals surface area contributed by atoms with Crippen LogP contribution >= 0.6 is 15.6 Å². The van der Waals surface area contributed by atoms with E-state index in [0.717, 1.165) is 0 Å². The summed E-state index contributed by atoms with van der Waals surface area (Å²) < 4.78 is 28.4. The topological polar surface area (TPSA) is 232 Å². The molecule has 0 aromatic heterocycles. The largest absolute Gasteiger partial charge is 0.479 e. The van der Waals surface area contributed by atoms with Crippen molar-refractivity contribution in [1.29, 1.82) is 0 Å². The van der Waals surface area contributed by atoms with E-state index in [1.165, 1.54) is 0 Å². The van der Waals surface area contributed by atoms with Gasteiger partial charge in [0, 0.05) is 0 Å². The highest BCUT2D eigenvalue weighted by Crippen LogP contribution is 2.39. The van der Waals surface area contributed by atoms with Gasteiger partial charge in [-0.05, 0) is 0 Å². The molecule has 13 nitrogen and oxygen atoms in total. The molecule has 0 amide bonds. The van der Waals surface area contributed by atoms with E-state index < -0.39 is 52.6 Å². The molecule has 0 aromatic rings. The first-order valence-electron chi connectivity index (χ1n) is 4.95. The number of aliphatic carboxylic acids is 1. The number of phosphoric acid groups is 2. The zero-order valence-corrected chi connectivity index (χ0v) is 11.8. The first kappa shape index (κ1) is 20.6. The summed E-state index contributed by atoms with van der Waals surface area (Å²) in [5, 5.41) is 36.7. The third-order valence-electron chi connectivity index (χ3n) is 1.96. The fraction of sp³-hybridized carbons (Fsp3) is 0.833. The molecular weight excluding hydrogens is 342 g/mol. The number of aliphatic hydroxyl groups excluding tert-OH is 3. The molecule has 0 aromatic carbocycles. The molecule has 0 bridgehead atoms. The van der Waals surface area contributed by atoms with E-state index in [4.69, 9.17) is 24.7 Å². The van der Waals surface area contributed by atoms with Gasteiger partial charge in [-0.25, -0.2) is 13.9 Å². The average Bonchev–Trinajstić information content (AvgIpc) is 2.28. The fourth-order valence-electron chi connectivity index (χ4n) is 1.08. The van der Waals surface area contributed by atoms with Gasteiger partial charge in [0.1, 0.15) is 18.3 Å². The van der Waals surface area contributed by atoms with Crippen LogP contribution in [0.1, 0.15) is 0 Å². The normalized spacial score (nSPS) is 18.8. The van der Waals surface area contributed by atoms with E-state index in [2.05, 4.69) is 9.05 Å². The molecular formula is C6H14O13P2. The maximum Gasteiger partial charge on any atom is 0.470 e. The molecule has 8 N–H and O–H groups in total. The number of carboxylic acid groups (broad SMARTS) is 1. The molecule has 0 spiro atoms. The Morgan fingerprint density at radius 2 is 1.43 bits per heavy atom. The molecule has 1 unspecified atom stereocenters. The van der Waals surface area contributed by atoms with Crippen molar-refractivity contribution in [3.8, 4) is 0 Å². The number of carbonyl (C=O) groups is 1. The molecule has 21 heavy (non-hydrogen) atoms. The number of hydrogen-bond acceptors (Lipinski definition) is 8. The van der Waals surface area contributed by atoms with Crippen molar-refractivity contribution in [2.24, 2.45) is 0 Å². The first-order chi connectivity index (χ1) is 9.24. The summed E-state index contributed by atoms with van der Waals surface area (Å²) in [6.07, 6.45) is -9.69. The van der Waals surface area contributed by atoms with E-state index in [-0.39, 0.29) is 0 Å². The summed E-state index contributed by atoms with van der Waals surface area (Å²) in [5.74, 6) is -2.06. The lowest BCUT2D eigenvalue weighted by Gasteiger charge is -2.27. The number of phosphoric ester groups is 2. The number of hydrogen-bond donors (Lipinski definition) is 8. The summed E-state index contributed by atoms with van der Waals surface area (Å²) in [4.78, 5) is 44.3. The summed E-state index contributed by atoms with van der Waals surface area (Å²) in [6, 6.07) is 0. The van der Waals surface area contributed by atoms with E-state index in [1.807, 2.05) is 0 Å². The lowest BCUT2D eigenvalue weighted by Crippen LogP contribution is -2.49. The number of carboxylic acids is 1. The van der Waals surface area contributed by atoms with Crippen LogP contribution in [0.4, 0.5) is 0 Å². The third-order valence-corrected chi connectivity index (χ3v) is 2.95. The second-order valence-corrected chi connectivity index (χ2v) is 6.12. The van der Waals surface area contributed by atoms with Gasteiger partial charge in [-0.2, -0.15) is 0 Å². The first-order valence-corrected chi connectivity index (χ1v) is 8.01. The Hall–Kier alpha value is -0.430. The van der Waals surface area contributed by atoms with E-state index in [9.17, 15) is 29.2 Å². The average molecular weight is 356 g/mol. The monoisotopic (exact) mass is 356 g/mol. The molecule has 15 heteroatoms. The minimum atomic E-state index is -5.33. The molecule has 126 valence electrons. The second kappa shape index (κ2) is 7.72. The Bertz CT molecular complexity index is 438. The van der Waals surface area contributed by atoms with Gasteiger partial charge in [0.05, 0.1) is 6.61 Å². The van der Waals surface area contributed by atoms with Crippen molar-refractivity contribution in [3.63, 3.8) is 0 Å². The van der Waals surface area contributed by atoms with Crippen LogP contribution < -0.4 is 0 Å². The minimum absolute atomic E-state index is 1.19. The van der Waals surface area contributed by atoms with Gasteiger partial charge < -0.3 is 40.0 Å². The van der Waals surface area contributed by atoms with Gasteiger partial charge in [0.15, 0.2) is 6.10 Å². The highest BCUT2D eigenvalue weighted by molar-refractivity contribution is 7.46. The predicted molar refractivity (Wildman–Crippen MR) is 60.6 cm³/mol. The molecule has 0 heterocycles.